The lowest BCUT2D eigenvalue weighted by atomic mass is 10.1. The normalized spacial score (nSPS) is 11.3. The molecule has 2 heterocycles. The molecule has 3 aromatic rings. The van der Waals surface area contributed by atoms with E-state index in [4.69, 9.17) is 8.83 Å². The van der Waals surface area contributed by atoms with Crippen molar-refractivity contribution in [3.8, 4) is 17.4 Å². The fourth-order valence-electron chi connectivity index (χ4n) is 2.15. The van der Waals surface area contributed by atoms with Gasteiger partial charge in [0.15, 0.2) is 0 Å². The highest BCUT2D eigenvalue weighted by atomic mass is 32.2. The Morgan fingerprint density at radius 3 is 2.77 bits per heavy atom. The lowest BCUT2D eigenvalue weighted by Crippen LogP contribution is -2.22. The van der Waals surface area contributed by atoms with Crippen LogP contribution in [0.15, 0.2) is 55.4 Å². The molecule has 0 saturated carbocycles. The van der Waals surface area contributed by atoms with Crippen LogP contribution in [0.3, 0.4) is 0 Å². The quantitative estimate of drug-likeness (QED) is 0.483. The van der Waals surface area contributed by atoms with Crippen LogP contribution in [-0.4, -0.2) is 16.2 Å². The molecule has 1 aromatic carbocycles. The van der Waals surface area contributed by atoms with E-state index in [0.717, 1.165) is 11.8 Å². The zero-order valence-electron chi connectivity index (χ0n) is 13.6. The minimum Gasteiger partial charge on any atom is -0.544 e. The van der Waals surface area contributed by atoms with Gasteiger partial charge in [-0.05, 0) is 42.1 Å². The number of furan rings is 1. The van der Waals surface area contributed by atoms with Crippen molar-refractivity contribution in [1.29, 1.82) is 5.26 Å². The van der Waals surface area contributed by atoms with Crippen LogP contribution in [0.25, 0.3) is 17.4 Å². The molecule has 0 aliphatic heterocycles. The first kappa shape index (κ1) is 17.5. The van der Waals surface area contributed by atoms with Crippen LogP contribution < -0.4 is 5.11 Å². The number of carboxylic acids is 1. The van der Waals surface area contributed by atoms with E-state index in [-0.39, 0.29) is 10.1 Å². The summed E-state index contributed by atoms with van der Waals surface area (Å²) in [5.41, 5.74) is 1.09. The maximum atomic E-state index is 11.4. The second kappa shape index (κ2) is 7.72. The predicted molar refractivity (Wildman–Crippen MR) is 91.4 cm³/mol. The molecule has 0 atom stereocenters. The highest BCUT2D eigenvalue weighted by molar-refractivity contribution is 8.03. The number of benzene rings is 1. The molecule has 7 nitrogen and oxygen atoms in total. The Labute approximate surface area is 153 Å². The maximum Gasteiger partial charge on any atom is 0.281 e. The largest absolute Gasteiger partial charge is 0.544 e. The van der Waals surface area contributed by atoms with Crippen molar-refractivity contribution < 1.29 is 18.7 Å². The van der Waals surface area contributed by atoms with Gasteiger partial charge in [0.2, 0.25) is 5.89 Å². The van der Waals surface area contributed by atoms with Crippen molar-refractivity contribution in [2.24, 2.45) is 0 Å². The minimum atomic E-state index is -1.39. The molecule has 26 heavy (non-hydrogen) atoms. The van der Waals surface area contributed by atoms with Crippen molar-refractivity contribution >= 4 is 23.8 Å². The number of aliphatic carboxylic acids is 1. The Kier molecular flexibility index (Phi) is 5.20. The van der Waals surface area contributed by atoms with E-state index in [1.807, 2.05) is 6.92 Å². The second-order valence-electron chi connectivity index (χ2n) is 5.07. The Balaban J connectivity index is 1.88. The van der Waals surface area contributed by atoms with Crippen molar-refractivity contribution in [3.05, 3.63) is 58.5 Å². The molecule has 2 aromatic heterocycles. The third-order valence-corrected chi connectivity index (χ3v) is 4.21. The number of nitriles is 1. The smallest absolute Gasteiger partial charge is 0.281 e. The van der Waals surface area contributed by atoms with Gasteiger partial charge in [-0.25, -0.2) is 0 Å². The molecule has 0 unspecified atom stereocenters. The Morgan fingerprint density at radius 2 is 2.08 bits per heavy atom. The van der Waals surface area contributed by atoms with Crippen molar-refractivity contribution in [2.45, 2.75) is 18.6 Å². The summed E-state index contributed by atoms with van der Waals surface area (Å²) in [6.07, 6.45) is 1.87. The van der Waals surface area contributed by atoms with Gasteiger partial charge < -0.3 is 18.7 Å². The third-order valence-electron chi connectivity index (χ3n) is 3.36. The van der Waals surface area contributed by atoms with E-state index in [1.54, 1.807) is 36.4 Å². The summed E-state index contributed by atoms with van der Waals surface area (Å²) < 4.78 is 11.0. The molecule has 0 fully saturated rings. The maximum absolute atomic E-state index is 11.4. The zero-order valence-corrected chi connectivity index (χ0v) is 14.4. The third kappa shape index (κ3) is 3.84. The molecule has 0 bridgehead atoms. The summed E-state index contributed by atoms with van der Waals surface area (Å²) in [4.78, 5) is 11.3. The number of nitrogens with zero attached hydrogens (tertiary/aromatic N) is 3. The summed E-state index contributed by atoms with van der Waals surface area (Å²) in [7, 11) is 0. The number of carbonyl (C=O) groups is 1. The number of hydrogen-bond acceptors (Lipinski definition) is 8. The highest BCUT2D eigenvalue weighted by Gasteiger charge is 2.12. The number of aromatic nitrogens is 2. The molecule has 130 valence electrons. The Morgan fingerprint density at radius 1 is 1.27 bits per heavy atom. The average Bonchev–Trinajstić information content (AvgIpc) is 3.30. The van der Waals surface area contributed by atoms with Gasteiger partial charge in [0, 0.05) is 16.9 Å². The fraction of sp³-hybridized carbons (Fsp3) is 0.111. The van der Waals surface area contributed by atoms with Crippen LogP contribution in [0, 0.1) is 11.3 Å². The SMILES string of the molecule is CCc1nnc(S/C(=C/c2ccc(-c3ccccc3C#N)o2)C(=O)[O-])o1. The molecule has 3 rings (SSSR count). The summed E-state index contributed by atoms with van der Waals surface area (Å²) in [6, 6.07) is 12.3. The summed E-state index contributed by atoms with van der Waals surface area (Å²) >= 11 is 0.787. The van der Waals surface area contributed by atoms with Gasteiger partial charge in [-0.2, -0.15) is 5.26 Å². The van der Waals surface area contributed by atoms with Gasteiger partial charge in [-0.15, -0.1) is 10.2 Å². The molecule has 0 aliphatic carbocycles. The first-order valence-electron chi connectivity index (χ1n) is 7.63. The van der Waals surface area contributed by atoms with Gasteiger partial charge in [0.25, 0.3) is 5.22 Å². The summed E-state index contributed by atoms with van der Waals surface area (Å²) in [6.45, 7) is 1.85. The summed E-state index contributed by atoms with van der Waals surface area (Å²) in [5.74, 6) is -0.211. The topological polar surface area (TPSA) is 116 Å². The first-order valence-corrected chi connectivity index (χ1v) is 8.45. The molecule has 8 heteroatoms. The predicted octanol–water partition coefficient (Wildman–Crippen LogP) is 2.65. The Bertz CT molecular complexity index is 1010. The molecule has 0 amide bonds. The van der Waals surface area contributed by atoms with Crippen LogP contribution >= 0.6 is 11.8 Å². The van der Waals surface area contributed by atoms with E-state index < -0.39 is 5.97 Å². The zero-order chi connectivity index (χ0) is 18.5. The molecular weight excluding hydrogens is 354 g/mol. The van der Waals surface area contributed by atoms with E-state index in [1.165, 1.54) is 6.08 Å². The van der Waals surface area contributed by atoms with Gasteiger partial charge in [-0.3, -0.25) is 0 Å². The van der Waals surface area contributed by atoms with Gasteiger partial charge in [0.1, 0.15) is 11.5 Å². The number of carboxylic acid groups (broad SMARTS) is 1. The molecule has 0 N–H and O–H groups in total. The molecule has 0 radical (unpaired) electrons. The summed E-state index contributed by atoms with van der Waals surface area (Å²) in [5, 5.41) is 28.2. The highest BCUT2D eigenvalue weighted by Crippen LogP contribution is 2.30. The molecule has 0 spiro atoms. The van der Waals surface area contributed by atoms with Crippen LogP contribution in [-0.2, 0) is 11.2 Å². The lowest BCUT2D eigenvalue weighted by Gasteiger charge is -2.04. The molecular formula is C18H12N3O4S-. The van der Waals surface area contributed by atoms with Crippen molar-refractivity contribution in [2.75, 3.05) is 0 Å². The number of rotatable bonds is 6. The van der Waals surface area contributed by atoms with E-state index in [2.05, 4.69) is 16.3 Å². The first-order chi connectivity index (χ1) is 12.6. The lowest BCUT2D eigenvalue weighted by molar-refractivity contribution is -0.298. The van der Waals surface area contributed by atoms with E-state index in [0.29, 0.717) is 35.0 Å². The monoisotopic (exact) mass is 366 g/mol. The van der Waals surface area contributed by atoms with E-state index in [9.17, 15) is 15.2 Å². The van der Waals surface area contributed by atoms with Crippen LogP contribution in [0.4, 0.5) is 0 Å². The fourth-order valence-corrected chi connectivity index (χ4v) is 2.81. The Hall–Kier alpha value is -3.31. The molecule has 0 aliphatic rings. The van der Waals surface area contributed by atoms with Gasteiger partial charge in [-0.1, -0.05) is 19.1 Å². The van der Waals surface area contributed by atoms with Crippen LogP contribution in [0.2, 0.25) is 0 Å². The van der Waals surface area contributed by atoms with Crippen molar-refractivity contribution in [3.63, 3.8) is 0 Å². The number of thioether (sulfide) groups is 1. The number of aryl methyl sites for hydroxylation is 1. The van der Waals surface area contributed by atoms with Crippen LogP contribution in [0.5, 0.6) is 0 Å². The number of hydrogen-bond donors (Lipinski definition) is 0. The number of carbonyl (C=O) groups excluding carboxylic acids is 1. The van der Waals surface area contributed by atoms with E-state index >= 15 is 0 Å². The average molecular weight is 366 g/mol. The molecule has 0 saturated heterocycles. The standard InChI is InChI=1S/C18H13N3O4S/c1-2-16-20-21-18(25-16)26-15(17(22)23)9-12-7-8-14(24-12)13-6-4-3-5-11(13)10-19/h3-9H,2H2,1H3,(H,22,23)/p-1/b15-9+. The minimum absolute atomic E-state index is 0.110. The van der Waals surface area contributed by atoms with Crippen LogP contribution in [0.1, 0.15) is 24.1 Å². The van der Waals surface area contributed by atoms with Gasteiger partial charge in [0.05, 0.1) is 17.6 Å². The van der Waals surface area contributed by atoms with Crippen molar-refractivity contribution in [1.82, 2.24) is 10.2 Å². The van der Waals surface area contributed by atoms with Gasteiger partial charge >= 0.3 is 0 Å². The second-order valence-corrected chi connectivity index (χ2v) is 6.07.